The van der Waals surface area contributed by atoms with Crippen molar-refractivity contribution in [1.29, 1.82) is 0 Å². The van der Waals surface area contributed by atoms with Gasteiger partial charge in [0.05, 0.1) is 13.2 Å². The first kappa shape index (κ1) is 49.1. The second kappa shape index (κ2) is 26.1. The molecule has 4 aromatic carbocycles. The van der Waals surface area contributed by atoms with Gasteiger partial charge in [0.25, 0.3) is 0 Å². The quantitative estimate of drug-likeness (QED) is 0.0447. The molecule has 4 aromatic rings. The van der Waals surface area contributed by atoms with Gasteiger partial charge in [-0.15, -0.1) is 12.4 Å². The summed E-state index contributed by atoms with van der Waals surface area (Å²) in [6.45, 7) is 12.4. The lowest BCUT2D eigenvalue weighted by molar-refractivity contribution is -0.135. The Balaban J connectivity index is 0.00000794. The molecule has 0 unspecified atom stereocenters. The van der Waals surface area contributed by atoms with Crippen LogP contribution in [0.1, 0.15) is 81.9 Å². The molecule has 0 aromatic heterocycles. The number of halogens is 1. The number of likely N-dealkylation sites (N-methyl/N-ethyl adjacent to an activating group) is 1. The molecule has 1 amide bonds. The number of carbonyl (C=O) groups excluding carboxylic acids is 1. The van der Waals surface area contributed by atoms with Crippen LogP contribution in [0, 0.1) is 5.92 Å². The maximum Gasteiger partial charge on any atom is 0.239 e. The van der Waals surface area contributed by atoms with Gasteiger partial charge in [-0.1, -0.05) is 112 Å². The Kier molecular flexibility index (Phi) is 21.3. The monoisotopic (exact) mass is 842 g/mol. The van der Waals surface area contributed by atoms with E-state index < -0.39 is 0 Å². The number of carbonyl (C=O) groups is 1. The van der Waals surface area contributed by atoms with E-state index in [1.807, 2.05) is 12.1 Å². The van der Waals surface area contributed by atoms with E-state index in [-0.39, 0.29) is 42.5 Å². The van der Waals surface area contributed by atoms with Crippen LogP contribution in [0.3, 0.4) is 0 Å². The maximum atomic E-state index is 14.2. The zero-order chi connectivity index (χ0) is 42.0. The molecule has 0 aliphatic carbocycles. The lowest BCUT2D eigenvalue weighted by atomic mass is 9.95. The van der Waals surface area contributed by atoms with Crippen LogP contribution in [0.15, 0.2) is 97.1 Å². The highest BCUT2D eigenvalue weighted by molar-refractivity contribution is 5.85. The Morgan fingerprint density at radius 1 is 0.800 bits per heavy atom. The van der Waals surface area contributed by atoms with Crippen molar-refractivity contribution in [3.05, 3.63) is 114 Å². The molecule has 7 N–H and O–H groups in total. The number of piperidine rings is 1. The van der Waals surface area contributed by atoms with Gasteiger partial charge in [-0.3, -0.25) is 4.79 Å². The molecule has 9 nitrogen and oxygen atoms in total. The van der Waals surface area contributed by atoms with Crippen LogP contribution in [0.2, 0.25) is 0 Å². The number of benzene rings is 4. The first-order chi connectivity index (χ1) is 28.6. The summed E-state index contributed by atoms with van der Waals surface area (Å²) in [7, 11) is 3.96. The molecular formula is C50H76ClN7O2. The van der Waals surface area contributed by atoms with Crippen molar-refractivity contribution in [3.8, 4) is 5.75 Å². The molecule has 1 aliphatic rings. The lowest BCUT2D eigenvalue weighted by Crippen LogP contribution is -2.54. The Morgan fingerprint density at radius 3 is 2.07 bits per heavy atom. The highest BCUT2D eigenvalue weighted by Gasteiger charge is 2.30. The second-order valence-electron chi connectivity index (χ2n) is 17.6. The van der Waals surface area contributed by atoms with Crippen molar-refractivity contribution < 1.29 is 9.53 Å². The third-order valence-electron chi connectivity index (χ3n) is 12.2. The molecule has 60 heavy (non-hydrogen) atoms. The minimum absolute atomic E-state index is 0. The largest absolute Gasteiger partial charge is 0.497 e. The maximum absolute atomic E-state index is 14.2. The summed E-state index contributed by atoms with van der Waals surface area (Å²) < 4.78 is 5.42. The number of nitrogens with one attached hydrogen (secondary N) is 3. The van der Waals surface area contributed by atoms with Crippen molar-refractivity contribution in [2.75, 3.05) is 60.0 Å². The van der Waals surface area contributed by atoms with E-state index in [0.29, 0.717) is 24.4 Å². The van der Waals surface area contributed by atoms with Gasteiger partial charge in [-0.2, -0.15) is 0 Å². The molecule has 10 heteroatoms. The van der Waals surface area contributed by atoms with Crippen LogP contribution in [0.4, 0.5) is 0 Å². The molecule has 330 valence electrons. The zero-order valence-corrected chi connectivity index (χ0v) is 38.0. The number of hydrogen-bond donors (Lipinski definition) is 5. The first-order valence-electron chi connectivity index (χ1n) is 22.4. The van der Waals surface area contributed by atoms with E-state index in [1.54, 1.807) is 7.11 Å². The molecule has 1 saturated heterocycles. The van der Waals surface area contributed by atoms with Gasteiger partial charge in [0, 0.05) is 63.4 Å². The third-order valence-corrected chi connectivity index (χ3v) is 12.2. The summed E-state index contributed by atoms with van der Waals surface area (Å²) in [6.07, 6.45) is 7.42. The minimum atomic E-state index is -0.214. The number of ether oxygens (including phenoxy) is 1. The summed E-state index contributed by atoms with van der Waals surface area (Å²) >= 11 is 0. The number of hydrogen-bond acceptors (Lipinski definition) is 8. The predicted octanol–water partition coefficient (Wildman–Crippen LogP) is 7.16. The lowest BCUT2D eigenvalue weighted by Gasteiger charge is -2.39. The summed E-state index contributed by atoms with van der Waals surface area (Å²) in [5, 5.41) is 13.9. The molecule has 1 heterocycles. The second-order valence-corrected chi connectivity index (χ2v) is 17.6. The zero-order valence-electron chi connectivity index (χ0n) is 37.2. The first-order valence-corrected chi connectivity index (χ1v) is 22.4. The van der Waals surface area contributed by atoms with Gasteiger partial charge in [0.2, 0.25) is 5.91 Å². The average molecular weight is 843 g/mol. The number of methoxy groups -OCH3 is 1. The highest BCUT2D eigenvalue weighted by Crippen LogP contribution is 2.27. The van der Waals surface area contributed by atoms with Gasteiger partial charge < -0.3 is 42.0 Å². The summed E-state index contributed by atoms with van der Waals surface area (Å²) in [5.74, 6) is 2.04. The number of nitrogens with zero attached hydrogens (tertiary/aromatic N) is 2. The van der Waals surface area contributed by atoms with Crippen LogP contribution >= 0.6 is 12.4 Å². The molecule has 0 radical (unpaired) electrons. The standard InChI is InChI=1S/C50H75N7O2.ClH/c1-37(2)28-45(54-34-46(30-40-16-10-7-11-17-40)53-33-44(52)29-39-14-8-6-9-15-39)35-55-49(18-12-13-25-51)50(58)57-26-23-47(24-27-57)56(4)36-38(3)41-19-20-43-32-48(59-5)22-21-42(43)31-41;/h6-11,14-17,19-22,31-32,37-38,44-47,49,53-55H,12-13,18,23-30,33-36,51-52H2,1-5H3;1H/t38-,44-,45-,46-,49-;/m1./s1. The predicted molar refractivity (Wildman–Crippen MR) is 254 cm³/mol. The van der Waals surface area contributed by atoms with E-state index in [1.165, 1.54) is 27.5 Å². The average Bonchev–Trinajstić information content (AvgIpc) is 3.25. The van der Waals surface area contributed by atoms with E-state index in [2.05, 4.69) is 138 Å². The molecular weight excluding hydrogens is 766 g/mol. The number of rotatable bonds is 25. The van der Waals surface area contributed by atoms with E-state index >= 15 is 0 Å². The number of nitrogens with two attached hydrogens (primary N) is 2. The summed E-state index contributed by atoms with van der Waals surface area (Å²) in [5.41, 5.74) is 16.5. The van der Waals surface area contributed by atoms with E-state index in [4.69, 9.17) is 16.2 Å². The fraction of sp³-hybridized carbons (Fsp3) is 0.540. The normalized spacial score (nSPS) is 16.1. The van der Waals surface area contributed by atoms with Gasteiger partial charge in [-0.25, -0.2) is 0 Å². The van der Waals surface area contributed by atoms with Crippen LogP contribution < -0.4 is 32.2 Å². The molecule has 0 saturated carbocycles. The van der Waals surface area contributed by atoms with Gasteiger partial charge in [-0.05, 0) is 110 Å². The number of unbranched alkanes of at least 4 members (excludes halogenated alkanes) is 1. The SMILES string of the molecule is COc1ccc2cc([C@H](C)CN(C)C3CCN(C(=O)[C@@H](CCCCN)NC[C@@H](CC(C)C)NC[C@@H](Cc4ccccc4)NC[C@H](N)Cc4ccccc4)CC3)ccc2c1.Cl. The van der Waals surface area contributed by atoms with Crippen LogP contribution in [0.5, 0.6) is 5.75 Å². The number of amides is 1. The van der Waals surface area contributed by atoms with Crippen LogP contribution in [-0.2, 0) is 17.6 Å². The molecule has 1 fully saturated rings. The molecule has 0 spiro atoms. The van der Waals surface area contributed by atoms with Crippen molar-refractivity contribution in [3.63, 3.8) is 0 Å². The Morgan fingerprint density at radius 2 is 1.42 bits per heavy atom. The van der Waals surface area contributed by atoms with Crippen LogP contribution in [0.25, 0.3) is 10.8 Å². The topological polar surface area (TPSA) is 121 Å². The molecule has 5 atom stereocenters. The number of likely N-dealkylation sites (tertiary alicyclic amines) is 1. The molecule has 1 aliphatic heterocycles. The summed E-state index contributed by atoms with van der Waals surface area (Å²) in [6, 6.07) is 35.0. The Hall–Kier alpha value is -3.54. The van der Waals surface area contributed by atoms with Gasteiger partial charge >= 0.3 is 0 Å². The van der Waals surface area contributed by atoms with Crippen molar-refractivity contribution in [2.24, 2.45) is 17.4 Å². The Labute approximate surface area is 368 Å². The van der Waals surface area contributed by atoms with Gasteiger partial charge in [0.1, 0.15) is 5.75 Å². The smallest absolute Gasteiger partial charge is 0.239 e. The van der Waals surface area contributed by atoms with Gasteiger partial charge in [0.15, 0.2) is 0 Å². The third kappa shape index (κ3) is 16.1. The minimum Gasteiger partial charge on any atom is -0.497 e. The fourth-order valence-electron chi connectivity index (χ4n) is 8.74. The van der Waals surface area contributed by atoms with Crippen LogP contribution in [-0.4, -0.2) is 106 Å². The van der Waals surface area contributed by atoms with E-state index in [0.717, 1.165) is 96.4 Å². The highest BCUT2D eigenvalue weighted by atomic mass is 35.5. The van der Waals surface area contributed by atoms with Crippen molar-refractivity contribution in [1.82, 2.24) is 25.8 Å². The van der Waals surface area contributed by atoms with E-state index in [9.17, 15) is 4.79 Å². The Bertz CT molecular complexity index is 1790. The fourth-order valence-corrected chi connectivity index (χ4v) is 8.74. The molecule has 5 rings (SSSR count). The number of fused-ring (bicyclic) bond motifs is 1. The summed E-state index contributed by atoms with van der Waals surface area (Å²) in [4.78, 5) is 18.9. The molecule has 0 bridgehead atoms. The van der Waals surface area contributed by atoms with Crippen molar-refractivity contribution in [2.45, 2.75) is 108 Å². The van der Waals surface area contributed by atoms with Crippen molar-refractivity contribution >= 4 is 29.1 Å².